The van der Waals surface area contributed by atoms with Crippen molar-refractivity contribution in [1.29, 1.82) is 0 Å². The lowest BCUT2D eigenvalue weighted by atomic mass is 10.0. The van der Waals surface area contributed by atoms with E-state index in [-0.39, 0.29) is 11.2 Å². The summed E-state index contributed by atoms with van der Waals surface area (Å²) in [5.74, 6) is 1.50. The lowest BCUT2D eigenvalue weighted by Gasteiger charge is -2.30. The quantitative estimate of drug-likeness (QED) is 0.690. The highest BCUT2D eigenvalue weighted by Gasteiger charge is 2.23. The third kappa shape index (κ3) is 3.30. The van der Waals surface area contributed by atoms with Crippen molar-refractivity contribution in [3.8, 4) is 0 Å². The van der Waals surface area contributed by atoms with Gasteiger partial charge in [0.15, 0.2) is 11.2 Å². The monoisotopic (exact) mass is 381 g/mol. The molecule has 0 bridgehead atoms. The van der Waals surface area contributed by atoms with Crippen molar-refractivity contribution < 1.29 is 0 Å². The first-order valence-corrected chi connectivity index (χ1v) is 9.87. The molecule has 3 heterocycles. The van der Waals surface area contributed by atoms with Gasteiger partial charge in [0.05, 0.1) is 6.54 Å². The van der Waals surface area contributed by atoms with Crippen molar-refractivity contribution in [2.45, 2.75) is 32.9 Å². The molecule has 2 aromatic heterocycles. The van der Waals surface area contributed by atoms with Gasteiger partial charge in [-0.2, -0.15) is 0 Å². The number of aromatic nitrogens is 4. The van der Waals surface area contributed by atoms with Crippen molar-refractivity contribution in [1.82, 2.24) is 23.6 Å². The van der Waals surface area contributed by atoms with E-state index in [0.29, 0.717) is 30.2 Å². The molecule has 1 saturated heterocycles. The highest BCUT2D eigenvalue weighted by atomic mass is 16.2. The zero-order valence-electron chi connectivity index (χ0n) is 16.8. The van der Waals surface area contributed by atoms with E-state index in [0.717, 1.165) is 29.0 Å². The number of nitrogens with zero attached hydrogens (tertiary/aromatic N) is 5. The van der Waals surface area contributed by atoms with E-state index < -0.39 is 0 Å². The van der Waals surface area contributed by atoms with Gasteiger partial charge >= 0.3 is 5.69 Å². The minimum absolute atomic E-state index is 0.292. The molecule has 148 valence electrons. The molecule has 1 aromatic carbocycles. The number of aryl methyl sites for hydroxylation is 1. The fourth-order valence-electron chi connectivity index (χ4n) is 4.18. The number of hydrogen-bond acceptors (Lipinski definition) is 4. The van der Waals surface area contributed by atoms with Gasteiger partial charge in [-0.1, -0.05) is 37.3 Å². The lowest BCUT2D eigenvalue weighted by molar-refractivity contribution is 0.171. The third-order valence-corrected chi connectivity index (χ3v) is 5.72. The van der Waals surface area contributed by atoms with Crippen LogP contribution in [0, 0.1) is 5.92 Å². The van der Waals surface area contributed by atoms with Crippen LogP contribution in [0.5, 0.6) is 0 Å². The van der Waals surface area contributed by atoms with E-state index in [1.807, 2.05) is 34.9 Å². The maximum absolute atomic E-state index is 12.9. The molecule has 4 rings (SSSR count). The van der Waals surface area contributed by atoms with Crippen molar-refractivity contribution in [3.05, 3.63) is 62.6 Å². The van der Waals surface area contributed by atoms with Gasteiger partial charge in [0.1, 0.15) is 5.82 Å². The molecule has 3 aromatic rings. The van der Waals surface area contributed by atoms with Gasteiger partial charge in [0.25, 0.3) is 5.56 Å². The number of imidazole rings is 1. The summed E-state index contributed by atoms with van der Waals surface area (Å²) < 4.78 is 4.63. The van der Waals surface area contributed by atoms with Gasteiger partial charge in [-0.05, 0) is 30.9 Å². The summed E-state index contributed by atoms with van der Waals surface area (Å²) >= 11 is 0. The summed E-state index contributed by atoms with van der Waals surface area (Å²) in [7, 11) is 3.20. The van der Waals surface area contributed by atoms with Gasteiger partial charge in [-0.25, -0.2) is 9.78 Å². The van der Waals surface area contributed by atoms with Crippen LogP contribution in [0.3, 0.4) is 0 Å². The van der Waals surface area contributed by atoms with Crippen molar-refractivity contribution >= 4 is 11.2 Å². The number of hydrogen-bond donors (Lipinski definition) is 0. The van der Waals surface area contributed by atoms with E-state index in [1.165, 1.54) is 24.5 Å². The van der Waals surface area contributed by atoms with Crippen molar-refractivity contribution in [2.24, 2.45) is 20.0 Å². The van der Waals surface area contributed by atoms with Gasteiger partial charge < -0.3 is 4.57 Å². The van der Waals surface area contributed by atoms with Gasteiger partial charge in [-0.3, -0.25) is 18.8 Å². The van der Waals surface area contributed by atoms with Crippen molar-refractivity contribution in [2.75, 3.05) is 13.1 Å². The smallest absolute Gasteiger partial charge is 0.317 e. The molecule has 0 spiro atoms. The van der Waals surface area contributed by atoms with E-state index in [9.17, 15) is 9.59 Å². The summed E-state index contributed by atoms with van der Waals surface area (Å²) in [5.41, 5.74) is 1.42. The van der Waals surface area contributed by atoms with Crippen LogP contribution >= 0.6 is 0 Å². The molecule has 1 aliphatic heterocycles. The van der Waals surface area contributed by atoms with Crippen LogP contribution < -0.4 is 11.2 Å². The Bertz CT molecular complexity index is 1110. The van der Waals surface area contributed by atoms with Crippen molar-refractivity contribution in [3.63, 3.8) is 0 Å². The zero-order chi connectivity index (χ0) is 19.8. The molecule has 0 saturated carbocycles. The average Bonchev–Trinajstić information content (AvgIpc) is 3.03. The molecule has 1 fully saturated rings. The maximum atomic E-state index is 12.9. The maximum Gasteiger partial charge on any atom is 0.332 e. The molecule has 0 amide bonds. The normalized spacial score (nSPS) is 18.0. The minimum Gasteiger partial charge on any atom is -0.317 e. The Morgan fingerprint density at radius 3 is 2.54 bits per heavy atom. The SMILES string of the molecule is C[C@@H]1CCCN(Cc2nc3c(c(=O)n(C)c(=O)n3C)n2Cc2ccccc2)C1. The molecule has 0 radical (unpaired) electrons. The molecule has 0 aliphatic carbocycles. The van der Waals surface area contributed by atoms with E-state index in [1.54, 1.807) is 7.05 Å². The van der Waals surface area contributed by atoms with Crippen LogP contribution in [0.4, 0.5) is 0 Å². The second-order valence-corrected chi connectivity index (χ2v) is 7.96. The first-order chi connectivity index (χ1) is 13.5. The fourth-order valence-corrected chi connectivity index (χ4v) is 4.18. The van der Waals surface area contributed by atoms with E-state index in [4.69, 9.17) is 4.98 Å². The van der Waals surface area contributed by atoms with Crippen LogP contribution in [0.1, 0.15) is 31.2 Å². The predicted molar refractivity (Wildman–Crippen MR) is 109 cm³/mol. The second kappa shape index (κ2) is 7.39. The van der Waals surface area contributed by atoms with Crippen LogP contribution in [0.25, 0.3) is 11.2 Å². The summed E-state index contributed by atoms with van der Waals surface area (Å²) in [6, 6.07) is 10.1. The molecular formula is C21H27N5O2. The number of piperidine rings is 1. The molecule has 1 aliphatic rings. The Balaban J connectivity index is 1.86. The molecule has 1 atom stereocenters. The highest BCUT2D eigenvalue weighted by Crippen LogP contribution is 2.20. The average molecular weight is 381 g/mol. The largest absolute Gasteiger partial charge is 0.332 e. The number of rotatable bonds is 4. The first kappa shape index (κ1) is 18.7. The molecule has 28 heavy (non-hydrogen) atoms. The van der Waals surface area contributed by atoms with E-state index >= 15 is 0 Å². The van der Waals surface area contributed by atoms with Gasteiger partial charge in [-0.15, -0.1) is 0 Å². The number of fused-ring (bicyclic) bond motifs is 1. The number of likely N-dealkylation sites (tertiary alicyclic amines) is 1. The van der Waals surface area contributed by atoms with Crippen LogP contribution in [0.15, 0.2) is 39.9 Å². The van der Waals surface area contributed by atoms with E-state index in [2.05, 4.69) is 11.8 Å². The Kier molecular flexibility index (Phi) is 4.93. The Morgan fingerprint density at radius 1 is 1.07 bits per heavy atom. The summed E-state index contributed by atoms with van der Waals surface area (Å²) in [6.07, 6.45) is 2.44. The number of benzene rings is 1. The molecule has 0 unspecified atom stereocenters. The molecule has 0 N–H and O–H groups in total. The molecule has 7 nitrogen and oxygen atoms in total. The molecule has 7 heteroatoms. The first-order valence-electron chi connectivity index (χ1n) is 9.87. The van der Waals surface area contributed by atoms with Crippen LogP contribution in [0.2, 0.25) is 0 Å². The Labute approximate surface area is 163 Å². The summed E-state index contributed by atoms with van der Waals surface area (Å²) in [4.78, 5) is 32.5. The fraction of sp³-hybridized carbons (Fsp3) is 0.476. The van der Waals surface area contributed by atoms with Gasteiger partial charge in [0, 0.05) is 27.2 Å². The Hall–Kier alpha value is -2.67. The zero-order valence-corrected chi connectivity index (χ0v) is 16.8. The van der Waals surface area contributed by atoms with Crippen LogP contribution in [-0.4, -0.2) is 36.7 Å². The second-order valence-electron chi connectivity index (χ2n) is 7.96. The standard InChI is InChI=1S/C21H27N5O2/c1-15-8-7-11-25(12-15)14-17-22-19-18(20(27)24(3)21(28)23(19)2)26(17)13-16-9-5-4-6-10-16/h4-6,9-10,15H,7-8,11-14H2,1-3H3/t15-/m1/s1. The topological polar surface area (TPSA) is 65.1 Å². The predicted octanol–water partition coefficient (Wildman–Crippen LogP) is 1.71. The highest BCUT2D eigenvalue weighted by molar-refractivity contribution is 5.71. The lowest BCUT2D eigenvalue weighted by Crippen LogP contribution is -2.37. The van der Waals surface area contributed by atoms with Gasteiger partial charge in [0.2, 0.25) is 0 Å². The summed E-state index contributed by atoms with van der Waals surface area (Å²) in [5, 5.41) is 0. The van der Waals surface area contributed by atoms with Crippen LogP contribution in [-0.2, 0) is 27.2 Å². The Morgan fingerprint density at radius 2 is 1.82 bits per heavy atom. The third-order valence-electron chi connectivity index (χ3n) is 5.72. The summed E-state index contributed by atoms with van der Waals surface area (Å²) in [6.45, 7) is 5.59. The minimum atomic E-state index is -0.347. The molecular weight excluding hydrogens is 354 g/mol.